The first-order chi connectivity index (χ1) is 14.9. The second-order valence-electron chi connectivity index (χ2n) is 6.77. The second kappa shape index (κ2) is 8.44. The number of nitrogens with one attached hydrogen (secondary N) is 2. The summed E-state index contributed by atoms with van der Waals surface area (Å²) in [5.74, 6) is 0.0563. The molecule has 4 rings (SSSR count). The number of amides is 2. The summed E-state index contributed by atoms with van der Waals surface area (Å²) >= 11 is 6.36. The smallest absolute Gasteiger partial charge is 0.411 e. The fourth-order valence-corrected chi connectivity index (χ4v) is 2.97. The van der Waals surface area contributed by atoms with Crippen molar-refractivity contribution in [1.29, 1.82) is 0 Å². The average molecular weight is 441 g/mol. The van der Waals surface area contributed by atoms with Gasteiger partial charge in [0.1, 0.15) is 0 Å². The van der Waals surface area contributed by atoms with Gasteiger partial charge in [0.05, 0.1) is 34.9 Å². The molecule has 11 heteroatoms. The molecule has 0 aliphatic carbocycles. The highest BCUT2D eigenvalue weighted by molar-refractivity contribution is 6.33. The summed E-state index contributed by atoms with van der Waals surface area (Å²) in [5.41, 5.74) is 2.08. The van der Waals surface area contributed by atoms with Crippen LogP contribution in [-0.4, -0.2) is 37.5 Å². The molecule has 10 nitrogen and oxygen atoms in total. The molecule has 2 N–H and O–H groups in total. The first kappa shape index (κ1) is 20.4. The van der Waals surface area contributed by atoms with Crippen LogP contribution in [0, 0.1) is 0 Å². The zero-order chi connectivity index (χ0) is 22.0. The van der Waals surface area contributed by atoms with E-state index in [1.165, 1.54) is 18.8 Å². The van der Waals surface area contributed by atoms with Crippen LogP contribution in [-0.2, 0) is 4.74 Å². The molecule has 0 spiro atoms. The molecule has 0 saturated heterocycles. The van der Waals surface area contributed by atoms with Crippen molar-refractivity contribution in [3.05, 3.63) is 60.2 Å². The maximum Gasteiger partial charge on any atom is 0.411 e. The number of rotatable bonds is 5. The lowest BCUT2D eigenvalue weighted by atomic mass is 10.1. The average Bonchev–Trinajstić information content (AvgIpc) is 3.38. The molecule has 0 unspecified atom stereocenters. The Balaban J connectivity index is 1.59. The zero-order valence-corrected chi connectivity index (χ0v) is 17.3. The summed E-state index contributed by atoms with van der Waals surface area (Å²) in [4.78, 5) is 36.4. The number of carbonyl (C=O) groups is 2. The van der Waals surface area contributed by atoms with Gasteiger partial charge in [-0.1, -0.05) is 11.6 Å². The van der Waals surface area contributed by atoms with Crippen LogP contribution < -0.4 is 10.6 Å². The Kier molecular flexibility index (Phi) is 5.54. The molecule has 0 bridgehead atoms. The lowest BCUT2D eigenvalue weighted by Crippen LogP contribution is -2.18. The van der Waals surface area contributed by atoms with Crippen molar-refractivity contribution in [3.8, 4) is 11.3 Å². The maximum atomic E-state index is 12.2. The van der Waals surface area contributed by atoms with Crippen LogP contribution >= 0.6 is 11.6 Å². The van der Waals surface area contributed by atoms with Gasteiger partial charge in [-0.15, -0.1) is 0 Å². The predicted molar refractivity (Wildman–Crippen MR) is 113 cm³/mol. The van der Waals surface area contributed by atoms with Gasteiger partial charge in [-0.25, -0.2) is 19.7 Å². The van der Waals surface area contributed by atoms with Gasteiger partial charge in [0.2, 0.25) is 11.5 Å². The van der Waals surface area contributed by atoms with Crippen molar-refractivity contribution < 1.29 is 18.7 Å². The Morgan fingerprint density at radius 2 is 2.00 bits per heavy atom. The van der Waals surface area contributed by atoms with Crippen LogP contribution in [0.3, 0.4) is 0 Å². The Labute approximate surface area is 181 Å². The minimum absolute atomic E-state index is 0.0875. The van der Waals surface area contributed by atoms with Gasteiger partial charge >= 0.3 is 6.09 Å². The number of anilines is 2. The van der Waals surface area contributed by atoms with E-state index in [1.54, 1.807) is 48.8 Å². The minimum atomic E-state index is -0.574. The monoisotopic (exact) mass is 440 g/mol. The number of imidazole rings is 1. The first-order valence-electron chi connectivity index (χ1n) is 9.21. The lowest BCUT2D eigenvalue weighted by Gasteiger charge is -2.09. The molecule has 158 valence electrons. The Morgan fingerprint density at radius 1 is 1.16 bits per heavy atom. The van der Waals surface area contributed by atoms with Crippen molar-refractivity contribution in [2.75, 3.05) is 10.6 Å². The summed E-state index contributed by atoms with van der Waals surface area (Å²) in [6.07, 6.45) is 6.53. The van der Waals surface area contributed by atoms with Crippen LogP contribution in [0.5, 0.6) is 0 Å². The molecule has 0 fully saturated rings. The molecule has 0 radical (unpaired) electrons. The van der Waals surface area contributed by atoms with Crippen molar-refractivity contribution >= 4 is 40.8 Å². The number of aromatic nitrogens is 4. The highest BCUT2D eigenvalue weighted by Crippen LogP contribution is 2.30. The normalized spacial score (nSPS) is 11.0. The van der Waals surface area contributed by atoms with Crippen LogP contribution in [0.4, 0.5) is 16.2 Å². The molecule has 4 aromatic rings. The van der Waals surface area contributed by atoms with E-state index in [9.17, 15) is 9.59 Å². The Hall–Kier alpha value is -3.92. The highest BCUT2D eigenvalue weighted by Gasteiger charge is 2.14. The topological polar surface area (TPSA) is 124 Å². The quantitative estimate of drug-likeness (QED) is 0.475. The molecule has 3 aromatic heterocycles. The number of hydrogen-bond donors (Lipinski definition) is 2. The highest BCUT2D eigenvalue weighted by atomic mass is 35.5. The zero-order valence-electron chi connectivity index (χ0n) is 16.5. The number of carbonyl (C=O) groups excluding carboxylic acids is 2. The van der Waals surface area contributed by atoms with Gasteiger partial charge in [0.15, 0.2) is 6.39 Å². The first-order valence-corrected chi connectivity index (χ1v) is 9.59. The Bertz CT molecular complexity index is 1250. The largest absolute Gasteiger partial charge is 0.447 e. The van der Waals surface area contributed by atoms with Crippen molar-refractivity contribution in [3.63, 3.8) is 0 Å². The number of oxazole rings is 1. The van der Waals surface area contributed by atoms with Crippen LogP contribution in [0.2, 0.25) is 5.02 Å². The molecular weight excluding hydrogens is 424 g/mol. The van der Waals surface area contributed by atoms with E-state index in [0.717, 1.165) is 0 Å². The van der Waals surface area contributed by atoms with Crippen LogP contribution in [0.1, 0.15) is 24.4 Å². The third-order valence-corrected chi connectivity index (χ3v) is 4.39. The van der Waals surface area contributed by atoms with Gasteiger partial charge < -0.3 is 14.5 Å². The molecule has 3 heterocycles. The number of benzene rings is 1. The SMILES string of the molecule is CC(C)OC(=O)Nc1cnc2nc(-c3cc(NC(=O)c4cnco4)ccc3Cl)cn2c1. The molecule has 0 aliphatic rings. The summed E-state index contributed by atoms with van der Waals surface area (Å²) in [7, 11) is 0. The fraction of sp³-hybridized carbons (Fsp3) is 0.150. The van der Waals surface area contributed by atoms with E-state index in [4.69, 9.17) is 20.8 Å². The third-order valence-electron chi connectivity index (χ3n) is 4.06. The molecule has 1 aromatic carbocycles. The standard InChI is InChI=1S/C20H17ClN6O4/c1-11(2)31-20(29)25-13-6-23-19-26-16(9-27(19)8-13)14-5-12(3-4-15(14)21)24-18(28)17-7-22-10-30-17/h3-11H,1-2H3,(H,24,28)(H,25,29). The molecule has 31 heavy (non-hydrogen) atoms. The van der Waals surface area contributed by atoms with E-state index in [0.29, 0.717) is 33.4 Å². The van der Waals surface area contributed by atoms with Crippen LogP contribution in [0.25, 0.3) is 17.0 Å². The summed E-state index contributed by atoms with van der Waals surface area (Å²) in [6, 6.07) is 5.01. The van der Waals surface area contributed by atoms with E-state index >= 15 is 0 Å². The summed E-state index contributed by atoms with van der Waals surface area (Å²) < 4.78 is 11.7. The van der Waals surface area contributed by atoms with E-state index in [2.05, 4.69) is 25.6 Å². The van der Waals surface area contributed by atoms with Gasteiger partial charge in [-0.3, -0.25) is 14.5 Å². The van der Waals surface area contributed by atoms with Gasteiger partial charge in [0.25, 0.3) is 5.91 Å². The second-order valence-corrected chi connectivity index (χ2v) is 7.18. The van der Waals surface area contributed by atoms with E-state index in [-0.39, 0.29) is 11.9 Å². The molecule has 2 amide bonds. The minimum Gasteiger partial charge on any atom is -0.447 e. The molecule has 0 atom stereocenters. The summed E-state index contributed by atoms with van der Waals surface area (Å²) in [5, 5.41) is 5.77. The van der Waals surface area contributed by atoms with E-state index in [1.807, 2.05) is 0 Å². The molecular formula is C20H17ClN6O4. The van der Waals surface area contributed by atoms with E-state index < -0.39 is 12.0 Å². The van der Waals surface area contributed by atoms with Gasteiger partial charge in [-0.2, -0.15) is 0 Å². The van der Waals surface area contributed by atoms with Gasteiger partial charge in [-0.05, 0) is 32.0 Å². The number of ether oxygens (including phenoxy) is 1. The maximum absolute atomic E-state index is 12.2. The predicted octanol–water partition coefficient (Wildman–Crippen LogP) is 4.25. The van der Waals surface area contributed by atoms with Gasteiger partial charge in [0, 0.05) is 23.6 Å². The van der Waals surface area contributed by atoms with Crippen molar-refractivity contribution in [1.82, 2.24) is 19.4 Å². The molecule has 0 aliphatic heterocycles. The third kappa shape index (κ3) is 4.64. The summed E-state index contributed by atoms with van der Waals surface area (Å²) in [6.45, 7) is 3.52. The number of fused-ring (bicyclic) bond motifs is 1. The number of hydrogen-bond acceptors (Lipinski definition) is 7. The Morgan fingerprint density at radius 3 is 2.74 bits per heavy atom. The number of halogens is 1. The lowest BCUT2D eigenvalue weighted by molar-refractivity contribution is 0.0996. The van der Waals surface area contributed by atoms with Crippen molar-refractivity contribution in [2.24, 2.45) is 0 Å². The molecule has 0 saturated carbocycles. The fourth-order valence-electron chi connectivity index (χ4n) is 2.76. The van der Waals surface area contributed by atoms with Crippen LogP contribution in [0.15, 0.2) is 53.8 Å². The van der Waals surface area contributed by atoms with Crippen molar-refractivity contribution in [2.45, 2.75) is 20.0 Å². The number of nitrogens with zero attached hydrogens (tertiary/aromatic N) is 4.